The second kappa shape index (κ2) is 12.5. The molecule has 0 bridgehead atoms. The Labute approximate surface area is 196 Å². The molecule has 8 nitrogen and oxygen atoms in total. The summed E-state index contributed by atoms with van der Waals surface area (Å²) < 4.78 is 75.7. The monoisotopic (exact) mass is 516 g/mol. The average molecular weight is 516 g/mol. The van der Waals surface area contributed by atoms with E-state index in [1.165, 1.54) is 24.8 Å². The molecule has 1 aromatic heterocycles. The fourth-order valence-corrected chi connectivity index (χ4v) is 3.64. The third kappa shape index (κ3) is 9.98. The van der Waals surface area contributed by atoms with Crippen molar-refractivity contribution in [3.8, 4) is 0 Å². The number of aromatic nitrogens is 1. The van der Waals surface area contributed by atoms with E-state index in [9.17, 15) is 26.3 Å². The highest BCUT2D eigenvalue weighted by atomic mass is 19.4. The van der Waals surface area contributed by atoms with Gasteiger partial charge in [0.2, 0.25) is 0 Å². The van der Waals surface area contributed by atoms with Crippen LogP contribution in [0, 0.1) is 5.92 Å². The van der Waals surface area contributed by atoms with Gasteiger partial charge in [-0.15, -0.1) is 0 Å². The molecule has 198 valence electrons. The smallest absolute Gasteiger partial charge is 0.475 e. The number of alkyl halides is 6. The van der Waals surface area contributed by atoms with Crippen molar-refractivity contribution in [2.24, 2.45) is 5.92 Å². The Morgan fingerprint density at radius 3 is 2.14 bits per heavy atom. The second-order valence-corrected chi connectivity index (χ2v) is 8.23. The van der Waals surface area contributed by atoms with Crippen LogP contribution in [0.2, 0.25) is 0 Å². The fraction of sp³-hybridized carbons (Fsp3) is 0.667. The Bertz CT molecular complexity index is 795. The normalized spacial score (nSPS) is 24.3. The first kappa shape index (κ1) is 28.8. The van der Waals surface area contributed by atoms with Crippen LogP contribution < -0.4 is 0 Å². The van der Waals surface area contributed by atoms with Crippen LogP contribution in [-0.4, -0.2) is 82.4 Å². The van der Waals surface area contributed by atoms with Crippen LogP contribution in [0.4, 0.5) is 26.3 Å². The van der Waals surface area contributed by atoms with Gasteiger partial charge in [-0.05, 0) is 43.2 Å². The summed E-state index contributed by atoms with van der Waals surface area (Å²) in [6.07, 6.45) is -0.722. The molecule has 14 heteroatoms. The highest BCUT2D eigenvalue weighted by molar-refractivity contribution is 5.73. The van der Waals surface area contributed by atoms with Gasteiger partial charge in [0, 0.05) is 38.1 Å². The first-order valence-corrected chi connectivity index (χ1v) is 10.8. The number of pyridine rings is 1. The van der Waals surface area contributed by atoms with Crippen molar-refractivity contribution in [3.63, 3.8) is 0 Å². The standard InChI is InChI=1S/C17H24N2O2.2C2HF3O2/c1-2-14(10-18-7-1)11-19-8-9-20-17-15(19)5-6-16(17)21-12-13-3-4-13;2*3-2(4,5)1(6)7/h1-2,7,10,13,15-17H,3-6,8-9,11-12H2;2*(H,6,7)/t15-,16-,17+;;/m0../s1. The lowest BCUT2D eigenvalue weighted by atomic mass is 10.1. The van der Waals surface area contributed by atoms with Gasteiger partial charge in [0.25, 0.3) is 0 Å². The van der Waals surface area contributed by atoms with E-state index in [0.29, 0.717) is 12.1 Å². The molecule has 3 fully saturated rings. The zero-order valence-electron chi connectivity index (χ0n) is 18.5. The van der Waals surface area contributed by atoms with Crippen molar-refractivity contribution in [1.29, 1.82) is 0 Å². The Balaban J connectivity index is 0.000000257. The van der Waals surface area contributed by atoms with Gasteiger partial charge in [0.15, 0.2) is 0 Å². The Morgan fingerprint density at radius 1 is 1.06 bits per heavy atom. The van der Waals surface area contributed by atoms with E-state index >= 15 is 0 Å². The zero-order chi connectivity index (χ0) is 26.2. The third-order valence-corrected chi connectivity index (χ3v) is 5.49. The van der Waals surface area contributed by atoms with Crippen LogP contribution in [0.5, 0.6) is 0 Å². The molecule has 35 heavy (non-hydrogen) atoms. The van der Waals surface area contributed by atoms with E-state index in [0.717, 1.165) is 38.6 Å². The Kier molecular flexibility index (Phi) is 10.3. The summed E-state index contributed by atoms with van der Waals surface area (Å²) >= 11 is 0. The van der Waals surface area contributed by atoms with Crippen molar-refractivity contribution in [1.82, 2.24) is 9.88 Å². The van der Waals surface area contributed by atoms with Crippen LogP contribution in [0.1, 0.15) is 31.2 Å². The lowest BCUT2D eigenvalue weighted by molar-refractivity contribution is -0.193. The number of rotatable bonds is 5. The van der Waals surface area contributed by atoms with E-state index in [4.69, 9.17) is 29.3 Å². The predicted molar refractivity (Wildman–Crippen MR) is 107 cm³/mol. The quantitative estimate of drug-likeness (QED) is 0.573. The highest BCUT2D eigenvalue weighted by Gasteiger charge is 2.44. The highest BCUT2D eigenvalue weighted by Crippen LogP contribution is 2.35. The topological polar surface area (TPSA) is 109 Å². The maximum absolute atomic E-state index is 10.6. The van der Waals surface area contributed by atoms with Crippen molar-refractivity contribution in [3.05, 3.63) is 30.1 Å². The molecule has 2 aliphatic carbocycles. The number of carboxylic acids is 2. The molecule has 3 atom stereocenters. The van der Waals surface area contributed by atoms with Crippen LogP contribution in [0.3, 0.4) is 0 Å². The number of hydrogen-bond acceptors (Lipinski definition) is 6. The summed E-state index contributed by atoms with van der Waals surface area (Å²) in [5.41, 5.74) is 1.29. The van der Waals surface area contributed by atoms with Crippen molar-refractivity contribution in [2.75, 3.05) is 19.8 Å². The van der Waals surface area contributed by atoms with Crippen LogP contribution in [0.25, 0.3) is 0 Å². The second-order valence-electron chi connectivity index (χ2n) is 8.23. The maximum atomic E-state index is 10.6. The van der Waals surface area contributed by atoms with E-state index in [1.807, 2.05) is 18.5 Å². The third-order valence-electron chi connectivity index (χ3n) is 5.49. The minimum Gasteiger partial charge on any atom is -0.475 e. The zero-order valence-corrected chi connectivity index (χ0v) is 18.5. The minimum absolute atomic E-state index is 0.272. The molecular formula is C21H26F6N2O6. The van der Waals surface area contributed by atoms with Crippen LogP contribution >= 0.6 is 0 Å². The number of nitrogens with zero attached hydrogens (tertiary/aromatic N) is 2. The molecule has 2 saturated carbocycles. The molecule has 4 rings (SSSR count). The predicted octanol–water partition coefficient (Wildman–Crippen LogP) is 3.51. The van der Waals surface area contributed by atoms with Crippen molar-refractivity contribution < 1.29 is 55.6 Å². The van der Waals surface area contributed by atoms with Gasteiger partial charge >= 0.3 is 24.3 Å². The van der Waals surface area contributed by atoms with E-state index in [1.54, 1.807) is 0 Å². The summed E-state index contributed by atoms with van der Waals surface area (Å²) in [5.74, 6) is -4.68. The first-order chi connectivity index (χ1) is 16.3. The fourth-order valence-electron chi connectivity index (χ4n) is 3.64. The molecule has 1 aliphatic heterocycles. The lowest BCUT2D eigenvalue weighted by Gasteiger charge is -2.39. The lowest BCUT2D eigenvalue weighted by Crippen LogP contribution is -2.51. The average Bonchev–Trinajstić information content (AvgIpc) is 3.51. The van der Waals surface area contributed by atoms with Gasteiger partial charge in [-0.25, -0.2) is 9.59 Å². The summed E-state index contributed by atoms with van der Waals surface area (Å²) in [5, 5.41) is 14.2. The number of morpholine rings is 1. The Hall–Kier alpha value is -2.45. The summed E-state index contributed by atoms with van der Waals surface area (Å²) in [4.78, 5) is 24.6. The molecule has 0 aromatic carbocycles. The molecule has 2 heterocycles. The first-order valence-electron chi connectivity index (χ1n) is 10.8. The largest absolute Gasteiger partial charge is 0.490 e. The molecule has 1 aromatic rings. The molecule has 0 spiro atoms. The molecule has 2 N–H and O–H groups in total. The molecule has 0 amide bonds. The van der Waals surface area contributed by atoms with Gasteiger partial charge < -0.3 is 19.7 Å². The van der Waals surface area contributed by atoms with Crippen molar-refractivity contribution in [2.45, 2.75) is 62.8 Å². The van der Waals surface area contributed by atoms with Gasteiger partial charge in [-0.3, -0.25) is 9.88 Å². The van der Waals surface area contributed by atoms with Gasteiger partial charge in [0.1, 0.15) is 0 Å². The molecule has 1 saturated heterocycles. The van der Waals surface area contributed by atoms with E-state index in [2.05, 4.69) is 16.0 Å². The van der Waals surface area contributed by atoms with E-state index < -0.39 is 24.3 Å². The van der Waals surface area contributed by atoms with Crippen LogP contribution in [0.15, 0.2) is 24.5 Å². The van der Waals surface area contributed by atoms with Gasteiger partial charge in [-0.1, -0.05) is 6.07 Å². The summed E-state index contributed by atoms with van der Waals surface area (Å²) in [7, 11) is 0. The van der Waals surface area contributed by atoms with Crippen molar-refractivity contribution >= 4 is 11.9 Å². The number of carbonyl (C=O) groups is 2. The summed E-state index contributed by atoms with van der Waals surface area (Å²) in [6.45, 7) is 3.77. The summed E-state index contributed by atoms with van der Waals surface area (Å²) in [6, 6.07) is 4.69. The van der Waals surface area contributed by atoms with Crippen LogP contribution in [-0.2, 0) is 25.6 Å². The molecular weight excluding hydrogens is 490 g/mol. The van der Waals surface area contributed by atoms with Gasteiger partial charge in [-0.2, -0.15) is 26.3 Å². The molecule has 3 aliphatic rings. The number of carboxylic acid groups (broad SMARTS) is 2. The maximum Gasteiger partial charge on any atom is 0.490 e. The number of halogens is 6. The van der Waals surface area contributed by atoms with E-state index in [-0.39, 0.29) is 6.10 Å². The number of ether oxygens (including phenoxy) is 2. The number of aliphatic carboxylic acids is 2. The van der Waals surface area contributed by atoms with Gasteiger partial charge in [0.05, 0.1) is 18.8 Å². The SMILES string of the molecule is O=C(O)C(F)(F)F.O=C(O)C(F)(F)F.c1cncc(CN2CCO[C@H]3[C@@H](OCC4CC4)CC[C@@H]32)c1. The Morgan fingerprint density at radius 2 is 1.66 bits per heavy atom. The molecule has 0 unspecified atom stereocenters. The minimum atomic E-state index is -5.08. The number of hydrogen-bond donors (Lipinski definition) is 2. The molecule has 0 radical (unpaired) electrons. The number of fused-ring (bicyclic) bond motifs is 1.